The first kappa shape index (κ1) is 20.0. The van der Waals surface area contributed by atoms with Gasteiger partial charge in [0.1, 0.15) is 18.8 Å². The molecule has 150 valence electrons. The second-order valence-corrected chi connectivity index (χ2v) is 6.67. The van der Waals surface area contributed by atoms with Gasteiger partial charge in [-0.25, -0.2) is 9.69 Å². The lowest BCUT2D eigenvalue weighted by atomic mass is 10.1. The Hall–Kier alpha value is -2.78. The summed E-state index contributed by atoms with van der Waals surface area (Å²) in [6.07, 6.45) is 2.19. The Bertz CT molecular complexity index is 760. The zero-order valence-corrected chi connectivity index (χ0v) is 15.8. The maximum Gasteiger partial charge on any atom is 0.335 e. The van der Waals surface area contributed by atoms with Crippen molar-refractivity contribution in [3.63, 3.8) is 0 Å². The summed E-state index contributed by atoms with van der Waals surface area (Å²) in [5.74, 6) is -1.90. The minimum atomic E-state index is -1.13. The van der Waals surface area contributed by atoms with E-state index in [2.05, 4.69) is 10.3 Å². The van der Waals surface area contributed by atoms with Crippen LogP contribution in [0.3, 0.4) is 0 Å². The number of hydrogen-bond acceptors (Lipinski definition) is 6. The molecule has 9 nitrogen and oxygen atoms in total. The normalized spacial score (nSPS) is 21.2. The van der Waals surface area contributed by atoms with E-state index in [9.17, 15) is 14.4 Å². The highest BCUT2D eigenvalue weighted by Gasteiger charge is 2.40. The number of quaternary nitrogens is 1. The van der Waals surface area contributed by atoms with Crippen LogP contribution in [0, 0.1) is 5.92 Å². The van der Waals surface area contributed by atoms with E-state index < -0.39 is 23.8 Å². The zero-order chi connectivity index (χ0) is 19.9. The summed E-state index contributed by atoms with van der Waals surface area (Å²) in [7, 11) is 1.49. The van der Waals surface area contributed by atoms with Crippen LogP contribution in [-0.4, -0.2) is 70.6 Å². The molecule has 2 heterocycles. The van der Waals surface area contributed by atoms with Crippen molar-refractivity contribution >= 4 is 29.7 Å². The lowest BCUT2D eigenvalue weighted by Crippen LogP contribution is -3.14. The monoisotopic (exact) mass is 389 g/mol. The number of morpholine rings is 1. The summed E-state index contributed by atoms with van der Waals surface area (Å²) in [4.78, 5) is 43.7. The molecule has 2 N–H and O–H groups in total. The SMILES string of the molecule is COc1cccc(N2C(=O)NC(=O)[C@H](C=NCCC[NH+]3CCOCC3)C2=O)c1. The molecule has 0 saturated carbocycles. The number of imide groups is 2. The van der Waals surface area contributed by atoms with E-state index in [0.29, 0.717) is 18.0 Å². The number of nitrogens with zero attached hydrogens (tertiary/aromatic N) is 2. The van der Waals surface area contributed by atoms with Gasteiger partial charge in [-0.2, -0.15) is 0 Å². The third-order valence-electron chi connectivity index (χ3n) is 4.79. The molecular weight excluding hydrogens is 364 g/mol. The molecule has 0 radical (unpaired) electrons. The molecule has 9 heteroatoms. The average molecular weight is 389 g/mol. The number of ether oxygens (including phenoxy) is 2. The number of benzene rings is 1. The number of hydrogen-bond donors (Lipinski definition) is 2. The summed E-state index contributed by atoms with van der Waals surface area (Å²) in [6, 6.07) is 5.77. The maximum absolute atomic E-state index is 12.8. The minimum Gasteiger partial charge on any atom is -0.497 e. The Morgan fingerprint density at radius 1 is 1.32 bits per heavy atom. The van der Waals surface area contributed by atoms with Gasteiger partial charge < -0.3 is 14.4 Å². The minimum absolute atomic E-state index is 0.337. The molecular formula is C19H25N4O5+. The molecule has 3 rings (SSSR count). The first-order valence-corrected chi connectivity index (χ1v) is 9.34. The number of barbiturate groups is 1. The highest BCUT2D eigenvalue weighted by Crippen LogP contribution is 2.24. The average Bonchev–Trinajstić information content (AvgIpc) is 2.70. The summed E-state index contributed by atoms with van der Waals surface area (Å²) >= 11 is 0. The molecule has 0 spiro atoms. The van der Waals surface area contributed by atoms with Crippen molar-refractivity contribution in [1.29, 1.82) is 0 Å². The van der Waals surface area contributed by atoms with Gasteiger partial charge in [0, 0.05) is 25.2 Å². The largest absolute Gasteiger partial charge is 0.497 e. The first-order valence-electron chi connectivity index (χ1n) is 9.34. The molecule has 1 aromatic rings. The Morgan fingerprint density at radius 3 is 2.86 bits per heavy atom. The fourth-order valence-corrected chi connectivity index (χ4v) is 3.23. The third-order valence-corrected chi connectivity index (χ3v) is 4.79. The molecule has 2 saturated heterocycles. The molecule has 2 aliphatic heterocycles. The van der Waals surface area contributed by atoms with Crippen LogP contribution in [-0.2, 0) is 14.3 Å². The van der Waals surface area contributed by atoms with E-state index in [1.807, 2.05) is 0 Å². The Balaban J connectivity index is 1.61. The Kier molecular flexibility index (Phi) is 6.72. The topological polar surface area (TPSA) is 102 Å². The summed E-state index contributed by atoms with van der Waals surface area (Å²) < 4.78 is 10.5. The van der Waals surface area contributed by atoms with Crippen LogP contribution < -0.4 is 19.9 Å². The van der Waals surface area contributed by atoms with Crippen molar-refractivity contribution in [2.75, 3.05) is 51.4 Å². The number of methoxy groups -OCH3 is 1. The first-order chi connectivity index (χ1) is 13.6. The number of urea groups is 1. The number of nitrogens with one attached hydrogen (secondary N) is 2. The number of amides is 4. The molecule has 1 atom stereocenters. The van der Waals surface area contributed by atoms with Crippen LogP contribution in [0.15, 0.2) is 29.3 Å². The fraction of sp³-hybridized carbons (Fsp3) is 0.474. The smallest absolute Gasteiger partial charge is 0.335 e. The molecule has 2 fully saturated rings. The van der Waals surface area contributed by atoms with Crippen LogP contribution in [0.5, 0.6) is 5.75 Å². The number of rotatable bonds is 7. The van der Waals surface area contributed by atoms with Crippen molar-refractivity contribution in [2.45, 2.75) is 6.42 Å². The van der Waals surface area contributed by atoms with E-state index in [1.54, 1.807) is 24.3 Å². The lowest BCUT2D eigenvalue weighted by molar-refractivity contribution is -0.908. The molecule has 2 aliphatic rings. The van der Waals surface area contributed by atoms with E-state index >= 15 is 0 Å². The third kappa shape index (κ3) is 4.73. The van der Waals surface area contributed by atoms with E-state index in [0.717, 1.165) is 44.2 Å². The molecule has 4 amide bonds. The van der Waals surface area contributed by atoms with Gasteiger partial charge in [0.25, 0.3) is 5.91 Å². The van der Waals surface area contributed by atoms with Gasteiger partial charge in [0.15, 0.2) is 5.92 Å². The van der Waals surface area contributed by atoms with Crippen LogP contribution in [0.4, 0.5) is 10.5 Å². The molecule has 0 unspecified atom stereocenters. The van der Waals surface area contributed by atoms with Gasteiger partial charge >= 0.3 is 6.03 Å². The van der Waals surface area contributed by atoms with Gasteiger partial charge in [0.2, 0.25) is 5.91 Å². The Labute approximate surface area is 163 Å². The van der Waals surface area contributed by atoms with Crippen molar-refractivity contribution < 1.29 is 28.8 Å². The summed E-state index contributed by atoms with van der Waals surface area (Å²) in [5, 5.41) is 2.22. The predicted molar refractivity (Wildman–Crippen MR) is 102 cm³/mol. The molecule has 28 heavy (non-hydrogen) atoms. The number of carbonyl (C=O) groups excluding carboxylic acids is 3. The van der Waals surface area contributed by atoms with Crippen molar-refractivity contribution in [1.82, 2.24) is 5.32 Å². The standard InChI is InChI=1S/C19H24N4O5/c1-27-15-5-2-4-14(12-15)23-18(25)16(17(24)21-19(23)26)13-20-6-3-7-22-8-10-28-11-9-22/h2,4-5,12-13,16H,3,6-11H2,1H3,(H,21,24,26)/p+1/t16-/m0/s1. The van der Waals surface area contributed by atoms with Gasteiger partial charge in [-0.3, -0.25) is 19.9 Å². The van der Waals surface area contributed by atoms with Crippen molar-refractivity contribution in [2.24, 2.45) is 10.9 Å². The fourth-order valence-electron chi connectivity index (χ4n) is 3.23. The number of anilines is 1. The summed E-state index contributed by atoms with van der Waals surface area (Å²) in [5.41, 5.74) is 0.337. The molecule has 1 aromatic carbocycles. The zero-order valence-electron chi connectivity index (χ0n) is 15.8. The van der Waals surface area contributed by atoms with E-state index in [-0.39, 0.29) is 0 Å². The van der Waals surface area contributed by atoms with Crippen LogP contribution in [0.2, 0.25) is 0 Å². The summed E-state index contributed by atoms with van der Waals surface area (Å²) in [6.45, 7) is 5.04. The molecule has 0 aromatic heterocycles. The quantitative estimate of drug-likeness (QED) is 0.364. The van der Waals surface area contributed by atoms with E-state index in [1.165, 1.54) is 18.2 Å². The Morgan fingerprint density at radius 2 is 2.11 bits per heavy atom. The van der Waals surface area contributed by atoms with Gasteiger partial charge in [-0.05, 0) is 12.1 Å². The van der Waals surface area contributed by atoms with Crippen molar-refractivity contribution in [3.05, 3.63) is 24.3 Å². The lowest BCUT2D eigenvalue weighted by Gasteiger charge is -2.28. The molecule has 0 aliphatic carbocycles. The predicted octanol–water partition coefficient (Wildman–Crippen LogP) is -0.730. The van der Waals surface area contributed by atoms with Crippen LogP contribution in [0.1, 0.15) is 6.42 Å². The number of aliphatic imine (C=N–C) groups is 1. The van der Waals surface area contributed by atoms with Crippen LogP contribution in [0.25, 0.3) is 0 Å². The maximum atomic E-state index is 12.8. The second kappa shape index (κ2) is 9.43. The highest BCUT2D eigenvalue weighted by atomic mass is 16.5. The van der Waals surface area contributed by atoms with Gasteiger partial charge in [0.05, 0.1) is 32.6 Å². The second-order valence-electron chi connectivity index (χ2n) is 6.67. The van der Waals surface area contributed by atoms with E-state index in [4.69, 9.17) is 9.47 Å². The van der Waals surface area contributed by atoms with Gasteiger partial charge in [-0.1, -0.05) is 6.07 Å². The number of carbonyl (C=O) groups is 3. The molecule has 0 bridgehead atoms. The highest BCUT2D eigenvalue weighted by molar-refractivity contribution is 6.32. The van der Waals surface area contributed by atoms with Gasteiger partial charge in [-0.15, -0.1) is 0 Å². The van der Waals surface area contributed by atoms with Crippen LogP contribution >= 0.6 is 0 Å². The van der Waals surface area contributed by atoms with Crippen molar-refractivity contribution in [3.8, 4) is 5.75 Å².